The number of fused-ring (bicyclic) bond motifs is 2. The smallest absolute Gasteiger partial charge is 0.198 e. The fraction of sp³-hybridized carbons (Fsp3) is 0.0714. The van der Waals surface area contributed by atoms with E-state index >= 15 is 0 Å². The van der Waals surface area contributed by atoms with E-state index in [0.717, 1.165) is 22.5 Å². The lowest BCUT2D eigenvalue weighted by atomic mass is 9.82. The SMILES string of the molecule is Cc1cccc(Nc2cccc3c2C(=O)c2c(Nc4cccc(C)c4)cccc2C3=O)c1. The van der Waals surface area contributed by atoms with Gasteiger partial charge in [0.05, 0.1) is 22.5 Å². The fourth-order valence-corrected chi connectivity index (χ4v) is 4.21. The zero-order valence-electron chi connectivity index (χ0n) is 17.9. The molecular formula is C28H22N2O2. The highest BCUT2D eigenvalue weighted by molar-refractivity contribution is 6.32. The summed E-state index contributed by atoms with van der Waals surface area (Å²) in [4.78, 5) is 27.1. The van der Waals surface area contributed by atoms with Crippen molar-refractivity contribution >= 4 is 34.3 Å². The first-order valence-electron chi connectivity index (χ1n) is 10.5. The van der Waals surface area contributed by atoms with E-state index in [2.05, 4.69) is 10.6 Å². The van der Waals surface area contributed by atoms with Gasteiger partial charge in [-0.2, -0.15) is 0 Å². The van der Waals surface area contributed by atoms with Crippen LogP contribution in [0.15, 0.2) is 84.9 Å². The van der Waals surface area contributed by atoms with Gasteiger partial charge in [-0.15, -0.1) is 0 Å². The van der Waals surface area contributed by atoms with Crippen molar-refractivity contribution in [3.63, 3.8) is 0 Å². The van der Waals surface area contributed by atoms with E-state index in [4.69, 9.17) is 0 Å². The summed E-state index contributed by atoms with van der Waals surface area (Å²) in [6.45, 7) is 4.03. The Morgan fingerprint density at radius 2 is 0.969 bits per heavy atom. The van der Waals surface area contributed by atoms with E-state index in [1.807, 2.05) is 86.6 Å². The number of hydrogen-bond donors (Lipinski definition) is 2. The predicted octanol–water partition coefficient (Wildman–Crippen LogP) is 6.57. The highest BCUT2D eigenvalue weighted by Gasteiger charge is 2.33. The van der Waals surface area contributed by atoms with Gasteiger partial charge in [-0.25, -0.2) is 0 Å². The van der Waals surface area contributed by atoms with Gasteiger partial charge in [-0.3, -0.25) is 9.59 Å². The van der Waals surface area contributed by atoms with E-state index < -0.39 is 0 Å². The molecule has 0 aliphatic heterocycles. The van der Waals surface area contributed by atoms with Gasteiger partial charge in [0.15, 0.2) is 11.6 Å². The minimum Gasteiger partial charge on any atom is -0.355 e. The molecule has 4 aromatic carbocycles. The van der Waals surface area contributed by atoms with Crippen molar-refractivity contribution in [1.82, 2.24) is 0 Å². The Hall–Kier alpha value is -4.18. The summed E-state index contributed by atoms with van der Waals surface area (Å²) in [6.07, 6.45) is 0. The van der Waals surface area contributed by atoms with Crippen LogP contribution in [0.25, 0.3) is 0 Å². The number of aryl methyl sites for hydroxylation is 2. The van der Waals surface area contributed by atoms with Gasteiger partial charge >= 0.3 is 0 Å². The van der Waals surface area contributed by atoms with Crippen LogP contribution in [0.4, 0.5) is 22.7 Å². The predicted molar refractivity (Wildman–Crippen MR) is 129 cm³/mol. The first-order valence-corrected chi connectivity index (χ1v) is 10.5. The van der Waals surface area contributed by atoms with Crippen LogP contribution in [0.2, 0.25) is 0 Å². The molecule has 0 saturated carbocycles. The molecule has 0 amide bonds. The molecule has 1 aliphatic rings. The molecule has 0 heterocycles. The van der Waals surface area contributed by atoms with Crippen molar-refractivity contribution < 1.29 is 9.59 Å². The molecule has 0 saturated heterocycles. The molecule has 0 aromatic heterocycles. The third-order valence-electron chi connectivity index (χ3n) is 5.67. The number of benzene rings is 4. The lowest BCUT2D eigenvalue weighted by Crippen LogP contribution is -2.23. The van der Waals surface area contributed by atoms with E-state index in [1.165, 1.54) is 0 Å². The maximum atomic E-state index is 13.8. The van der Waals surface area contributed by atoms with Crippen molar-refractivity contribution in [2.45, 2.75) is 13.8 Å². The molecule has 4 heteroatoms. The molecule has 4 nitrogen and oxygen atoms in total. The van der Waals surface area contributed by atoms with Gasteiger partial charge in [0, 0.05) is 22.5 Å². The fourth-order valence-electron chi connectivity index (χ4n) is 4.21. The molecular weight excluding hydrogens is 396 g/mol. The second kappa shape index (κ2) is 7.82. The highest BCUT2D eigenvalue weighted by atomic mass is 16.1. The molecule has 5 rings (SSSR count). The second-order valence-corrected chi connectivity index (χ2v) is 8.10. The molecule has 156 valence electrons. The van der Waals surface area contributed by atoms with Crippen LogP contribution >= 0.6 is 0 Å². The Morgan fingerprint density at radius 1 is 0.531 bits per heavy atom. The molecule has 0 atom stereocenters. The summed E-state index contributed by atoms with van der Waals surface area (Å²) in [5.74, 6) is -0.309. The third kappa shape index (κ3) is 3.46. The van der Waals surface area contributed by atoms with Crippen LogP contribution in [0.1, 0.15) is 43.0 Å². The first kappa shape index (κ1) is 19.8. The number of rotatable bonds is 4. The molecule has 0 spiro atoms. The van der Waals surface area contributed by atoms with Crippen molar-refractivity contribution in [2.24, 2.45) is 0 Å². The molecule has 0 unspecified atom stereocenters. The van der Waals surface area contributed by atoms with E-state index in [0.29, 0.717) is 33.6 Å². The lowest BCUT2D eigenvalue weighted by Gasteiger charge is -2.23. The minimum absolute atomic E-state index is 0.143. The van der Waals surface area contributed by atoms with Crippen molar-refractivity contribution in [2.75, 3.05) is 10.6 Å². The standard InChI is InChI=1S/C28H22N2O2/c1-17-7-3-9-19(15-17)29-23-13-5-11-21-25(23)28(32)26-22(27(21)31)12-6-14-24(26)30-20-10-4-8-18(2)16-20/h3-16,29-30H,1-2H3. The van der Waals surface area contributed by atoms with Crippen LogP contribution in [-0.4, -0.2) is 11.6 Å². The number of anilines is 4. The molecule has 0 radical (unpaired) electrons. The minimum atomic E-state index is -0.166. The summed E-state index contributed by atoms with van der Waals surface area (Å²) in [5, 5.41) is 6.68. The van der Waals surface area contributed by atoms with Crippen molar-refractivity contribution in [3.05, 3.63) is 118 Å². The maximum Gasteiger partial charge on any atom is 0.198 e. The zero-order valence-corrected chi connectivity index (χ0v) is 17.9. The molecule has 2 N–H and O–H groups in total. The number of nitrogens with one attached hydrogen (secondary N) is 2. The molecule has 0 bridgehead atoms. The van der Waals surface area contributed by atoms with E-state index in [-0.39, 0.29) is 11.6 Å². The number of carbonyl (C=O) groups excluding carboxylic acids is 2. The topological polar surface area (TPSA) is 58.2 Å². The normalized spacial score (nSPS) is 12.2. The Morgan fingerprint density at radius 3 is 1.41 bits per heavy atom. The summed E-state index contributed by atoms with van der Waals surface area (Å²) >= 11 is 0. The number of ketones is 2. The van der Waals surface area contributed by atoms with E-state index in [1.54, 1.807) is 12.1 Å². The maximum absolute atomic E-state index is 13.8. The van der Waals surface area contributed by atoms with Crippen LogP contribution in [0, 0.1) is 13.8 Å². The lowest BCUT2D eigenvalue weighted by molar-refractivity contribution is 0.0980. The number of hydrogen-bond acceptors (Lipinski definition) is 4. The molecule has 0 fully saturated rings. The van der Waals surface area contributed by atoms with Gasteiger partial charge in [0.25, 0.3) is 0 Å². The first-order chi connectivity index (χ1) is 15.5. The quantitative estimate of drug-likeness (QED) is 0.347. The summed E-state index contributed by atoms with van der Waals surface area (Å²) in [5.41, 5.74) is 6.88. The van der Waals surface area contributed by atoms with Gasteiger partial charge in [0.2, 0.25) is 0 Å². The Labute approximate surface area is 186 Å². The largest absolute Gasteiger partial charge is 0.355 e. The summed E-state index contributed by atoms with van der Waals surface area (Å²) in [6, 6.07) is 26.6. The van der Waals surface area contributed by atoms with Crippen LogP contribution < -0.4 is 10.6 Å². The van der Waals surface area contributed by atoms with Gasteiger partial charge in [-0.1, -0.05) is 48.5 Å². The monoisotopic (exact) mass is 418 g/mol. The third-order valence-corrected chi connectivity index (χ3v) is 5.67. The van der Waals surface area contributed by atoms with Gasteiger partial charge in [0.1, 0.15) is 0 Å². The molecule has 1 aliphatic carbocycles. The van der Waals surface area contributed by atoms with Crippen LogP contribution in [0.3, 0.4) is 0 Å². The van der Waals surface area contributed by atoms with Gasteiger partial charge in [-0.05, 0) is 61.4 Å². The highest BCUT2D eigenvalue weighted by Crippen LogP contribution is 2.37. The van der Waals surface area contributed by atoms with Gasteiger partial charge < -0.3 is 10.6 Å². The summed E-state index contributed by atoms with van der Waals surface area (Å²) in [7, 11) is 0. The van der Waals surface area contributed by atoms with E-state index in [9.17, 15) is 9.59 Å². The van der Waals surface area contributed by atoms with Crippen molar-refractivity contribution in [3.8, 4) is 0 Å². The van der Waals surface area contributed by atoms with Crippen molar-refractivity contribution in [1.29, 1.82) is 0 Å². The molecule has 4 aromatic rings. The van der Waals surface area contributed by atoms with Crippen LogP contribution in [0.5, 0.6) is 0 Å². The Bertz CT molecular complexity index is 1290. The second-order valence-electron chi connectivity index (χ2n) is 8.10. The average Bonchev–Trinajstić information content (AvgIpc) is 2.77. The Kier molecular flexibility index (Phi) is 4.83. The zero-order chi connectivity index (χ0) is 22.2. The Balaban J connectivity index is 1.61. The summed E-state index contributed by atoms with van der Waals surface area (Å²) < 4.78 is 0. The average molecular weight is 418 g/mol. The number of carbonyl (C=O) groups is 2. The molecule has 32 heavy (non-hydrogen) atoms. The van der Waals surface area contributed by atoms with Crippen LogP contribution in [-0.2, 0) is 0 Å².